The van der Waals surface area contributed by atoms with Gasteiger partial charge in [-0.05, 0) is 32.5 Å². The highest BCUT2D eigenvalue weighted by atomic mass is 28.4. The molecule has 0 radical (unpaired) electrons. The van der Waals surface area contributed by atoms with E-state index in [1.54, 1.807) is 0 Å². The molecule has 0 aliphatic carbocycles. The second kappa shape index (κ2) is 6.88. The van der Waals surface area contributed by atoms with E-state index in [4.69, 9.17) is 4.43 Å². The zero-order valence-corrected chi connectivity index (χ0v) is 12.8. The summed E-state index contributed by atoms with van der Waals surface area (Å²) in [5.74, 6) is 0. The van der Waals surface area contributed by atoms with Crippen LogP contribution < -0.4 is 0 Å². The summed E-state index contributed by atoms with van der Waals surface area (Å²) in [5, 5.41) is 9.56. The van der Waals surface area contributed by atoms with E-state index in [2.05, 4.69) is 37.4 Å². The summed E-state index contributed by atoms with van der Waals surface area (Å²) in [6.45, 7) is 8.55. The molecule has 1 N–H and O–H groups in total. The van der Waals surface area contributed by atoms with Crippen molar-refractivity contribution in [3.05, 3.63) is 42.0 Å². The summed E-state index contributed by atoms with van der Waals surface area (Å²) >= 11 is 0. The smallest absolute Gasteiger partial charge is 0.196 e. The molecule has 2 nitrogen and oxygen atoms in total. The lowest BCUT2D eigenvalue weighted by molar-refractivity contribution is 0.214. The molecule has 18 heavy (non-hydrogen) atoms. The normalized spacial score (nSPS) is 14.3. The predicted octanol–water partition coefficient (Wildman–Crippen LogP) is 3.69. The molecule has 0 spiro atoms. The Morgan fingerprint density at radius 2 is 1.83 bits per heavy atom. The predicted molar refractivity (Wildman–Crippen MR) is 80.0 cm³/mol. The molecule has 3 heteroatoms. The van der Waals surface area contributed by atoms with Gasteiger partial charge in [0.1, 0.15) is 0 Å². The van der Waals surface area contributed by atoms with Crippen molar-refractivity contribution in [1.29, 1.82) is 0 Å². The third-order valence-electron chi connectivity index (χ3n) is 2.95. The maximum Gasteiger partial charge on any atom is 0.196 e. The van der Waals surface area contributed by atoms with Crippen molar-refractivity contribution in [1.82, 2.24) is 0 Å². The van der Waals surface area contributed by atoms with Gasteiger partial charge in [-0.1, -0.05) is 42.5 Å². The fourth-order valence-corrected chi connectivity index (χ4v) is 4.39. The molecule has 1 rings (SSSR count). The van der Waals surface area contributed by atoms with E-state index in [1.807, 2.05) is 32.0 Å². The molecule has 0 amide bonds. The largest absolute Gasteiger partial charge is 0.414 e. The van der Waals surface area contributed by atoms with Crippen LogP contribution in [0.3, 0.4) is 0 Å². The van der Waals surface area contributed by atoms with Crippen molar-refractivity contribution in [3.63, 3.8) is 0 Å². The van der Waals surface area contributed by atoms with Crippen molar-refractivity contribution in [2.45, 2.75) is 38.6 Å². The first-order chi connectivity index (χ1) is 8.45. The Balaban J connectivity index is 2.75. The average molecular weight is 264 g/mol. The van der Waals surface area contributed by atoms with Gasteiger partial charge >= 0.3 is 0 Å². The Kier molecular flexibility index (Phi) is 5.79. The third kappa shape index (κ3) is 4.76. The monoisotopic (exact) mass is 264 g/mol. The topological polar surface area (TPSA) is 29.5 Å². The van der Waals surface area contributed by atoms with E-state index in [0.717, 1.165) is 5.56 Å². The lowest BCUT2D eigenvalue weighted by Gasteiger charge is -2.31. The summed E-state index contributed by atoms with van der Waals surface area (Å²) < 4.78 is 6.01. The Labute approximate surface area is 111 Å². The standard InChI is InChI=1S/C15H24O2Si/c1-13(2)17-18(3,4)15(12-16)11-10-14-8-6-5-7-9-14/h5-11,13,15-16H,12H2,1-4H3/b11-10+. The molecular weight excluding hydrogens is 240 g/mol. The first-order valence-electron chi connectivity index (χ1n) is 6.47. The van der Waals surface area contributed by atoms with Crippen LogP contribution in [0, 0.1) is 0 Å². The van der Waals surface area contributed by atoms with E-state index < -0.39 is 8.32 Å². The molecule has 0 aromatic heterocycles. The van der Waals surface area contributed by atoms with Gasteiger partial charge in [0.2, 0.25) is 0 Å². The number of hydrogen-bond acceptors (Lipinski definition) is 2. The fraction of sp³-hybridized carbons (Fsp3) is 0.467. The van der Waals surface area contributed by atoms with E-state index in [1.165, 1.54) is 0 Å². The molecule has 1 atom stereocenters. The summed E-state index contributed by atoms with van der Waals surface area (Å²) in [5.41, 5.74) is 1.28. The van der Waals surface area contributed by atoms with Crippen LogP contribution in [0.15, 0.2) is 36.4 Å². The highest BCUT2D eigenvalue weighted by Gasteiger charge is 2.32. The Morgan fingerprint density at radius 1 is 1.22 bits per heavy atom. The molecule has 0 aliphatic rings. The average Bonchev–Trinajstić information content (AvgIpc) is 2.29. The van der Waals surface area contributed by atoms with Crippen LogP contribution in [-0.4, -0.2) is 26.1 Å². The molecule has 0 bridgehead atoms. The molecular formula is C15H24O2Si. The number of benzene rings is 1. The van der Waals surface area contributed by atoms with E-state index >= 15 is 0 Å². The van der Waals surface area contributed by atoms with E-state index in [9.17, 15) is 5.11 Å². The van der Waals surface area contributed by atoms with E-state index in [-0.39, 0.29) is 18.3 Å². The van der Waals surface area contributed by atoms with Gasteiger partial charge in [0.15, 0.2) is 8.32 Å². The van der Waals surface area contributed by atoms with Gasteiger partial charge in [-0.15, -0.1) is 0 Å². The summed E-state index contributed by atoms with van der Waals surface area (Å²) in [6, 6.07) is 10.1. The molecule has 1 aromatic carbocycles. The summed E-state index contributed by atoms with van der Waals surface area (Å²) in [6.07, 6.45) is 4.37. The minimum Gasteiger partial charge on any atom is -0.414 e. The van der Waals surface area contributed by atoms with Crippen molar-refractivity contribution >= 4 is 14.4 Å². The minimum atomic E-state index is -1.89. The van der Waals surface area contributed by atoms with Gasteiger partial charge in [-0.3, -0.25) is 0 Å². The molecule has 0 aliphatic heterocycles. The molecule has 0 fully saturated rings. The van der Waals surface area contributed by atoms with Gasteiger partial charge in [-0.2, -0.15) is 0 Å². The van der Waals surface area contributed by atoms with Crippen LogP contribution in [-0.2, 0) is 4.43 Å². The highest BCUT2D eigenvalue weighted by molar-refractivity contribution is 6.73. The highest BCUT2D eigenvalue weighted by Crippen LogP contribution is 2.26. The Hall–Kier alpha value is -0.903. The van der Waals surface area contributed by atoms with Crippen LogP contribution >= 0.6 is 0 Å². The van der Waals surface area contributed by atoms with Gasteiger partial charge in [0.05, 0.1) is 0 Å². The number of aliphatic hydroxyl groups excluding tert-OH is 1. The van der Waals surface area contributed by atoms with Gasteiger partial charge in [0.25, 0.3) is 0 Å². The lowest BCUT2D eigenvalue weighted by atomic mass is 10.2. The Morgan fingerprint density at radius 3 is 2.33 bits per heavy atom. The van der Waals surface area contributed by atoms with Crippen LogP contribution in [0.1, 0.15) is 19.4 Å². The minimum absolute atomic E-state index is 0.125. The van der Waals surface area contributed by atoms with Gasteiger partial charge in [-0.25, -0.2) is 0 Å². The zero-order chi connectivity index (χ0) is 13.6. The van der Waals surface area contributed by atoms with Crippen LogP contribution in [0.25, 0.3) is 6.08 Å². The molecule has 100 valence electrons. The first-order valence-corrected chi connectivity index (χ1v) is 9.46. The second-order valence-electron chi connectivity index (χ2n) is 5.33. The van der Waals surface area contributed by atoms with Crippen molar-refractivity contribution in [2.75, 3.05) is 6.61 Å². The number of aliphatic hydroxyl groups is 1. The fourth-order valence-electron chi connectivity index (χ4n) is 2.00. The molecule has 0 heterocycles. The zero-order valence-electron chi connectivity index (χ0n) is 11.8. The van der Waals surface area contributed by atoms with Gasteiger partial charge < -0.3 is 9.53 Å². The summed E-state index contributed by atoms with van der Waals surface area (Å²) in [4.78, 5) is 0. The van der Waals surface area contributed by atoms with Gasteiger partial charge in [0, 0.05) is 18.3 Å². The molecule has 1 unspecified atom stereocenters. The lowest BCUT2D eigenvalue weighted by Crippen LogP contribution is -2.39. The first kappa shape index (κ1) is 15.2. The third-order valence-corrected chi connectivity index (χ3v) is 6.19. The van der Waals surface area contributed by atoms with Crippen molar-refractivity contribution in [3.8, 4) is 0 Å². The quantitative estimate of drug-likeness (QED) is 0.794. The number of rotatable bonds is 6. The molecule has 0 saturated heterocycles. The SMILES string of the molecule is CC(C)O[Si](C)(C)C(/C=C/c1ccccc1)CO. The van der Waals surface area contributed by atoms with Crippen molar-refractivity contribution in [2.24, 2.45) is 0 Å². The molecule has 0 saturated carbocycles. The maximum atomic E-state index is 9.56. The Bertz CT molecular complexity index is 371. The number of hydrogen-bond donors (Lipinski definition) is 1. The second-order valence-corrected chi connectivity index (χ2v) is 9.51. The van der Waals surface area contributed by atoms with Crippen molar-refractivity contribution < 1.29 is 9.53 Å². The maximum absolute atomic E-state index is 9.56. The van der Waals surface area contributed by atoms with E-state index in [0.29, 0.717) is 0 Å². The molecule has 1 aromatic rings. The van der Waals surface area contributed by atoms with Crippen LogP contribution in [0.4, 0.5) is 0 Å². The summed E-state index contributed by atoms with van der Waals surface area (Å²) in [7, 11) is -1.89. The van der Waals surface area contributed by atoms with Crippen LogP contribution in [0.5, 0.6) is 0 Å². The van der Waals surface area contributed by atoms with Crippen LogP contribution in [0.2, 0.25) is 18.6 Å².